The van der Waals surface area contributed by atoms with Crippen molar-refractivity contribution in [2.75, 3.05) is 25.1 Å². The molecule has 0 fully saturated rings. The van der Waals surface area contributed by atoms with E-state index in [-0.39, 0.29) is 12.5 Å². The van der Waals surface area contributed by atoms with E-state index in [0.29, 0.717) is 30.4 Å². The topological polar surface area (TPSA) is 56.8 Å². The summed E-state index contributed by atoms with van der Waals surface area (Å²) in [6.45, 7) is 0.696. The number of carbonyl (C=O) groups is 1. The molecule has 0 aliphatic carbocycles. The molecule has 5 nitrogen and oxygen atoms in total. The Labute approximate surface area is 158 Å². The Bertz CT molecular complexity index is 837. The second kappa shape index (κ2) is 9.87. The maximum Gasteiger partial charge on any atom is 0.262 e. The predicted octanol–water partition coefficient (Wildman–Crippen LogP) is 4.16. The Hall–Kier alpha value is -3.47. The molecule has 1 N–H and O–H groups in total. The van der Waals surface area contributed by atoms with Crippen molar-refractivity contribution < 1.29 is 19.0 Å². The van der Waals surface area contributed by atoms with Crippen LogP contribution < -0.4 is 19.5 Å². The molecule has 0 atom stereocenters. The van der Waals surface area contributed by atoms with Gasteiger partial charge in [0, 0.05) is 0 Å². The number of anilines is 1. The highest BCUT2D eigenvalue weighted by Gasteiger charge is 2.08. The van der Waals surface area contributed by atoms with Crippen molar-refractivity contribution in [2.24, 2.45) is 0 Å². The Balaban J connectivity index is 1.47. The smallest absolute Gasteiger partial charge is 0.262 e. The molecule has 27 heavy (non-hydrogen) atoms. The van der Waals surface area contributed by atoms with Crippen molar-refractivity contribution in [3.05, 3.63) is 84.9 Å². The van der Waals surface area contributed by atoms with Crippen LogP contribution in [0.2, 0.25) is 0 Å². The number of nitrogens with one attached hydrogen (secondary N) is 1. The molecule has 0 spiro atoms. The zero-order valence-corrected chi connectivity index (χ0v) is 14.8. The number of rotatable bonds is 9. The minimum absolute atomic E-state index is 0.0739. The third-order valence-electron chi connectivity index (χ3n) is 3.63. The summed E-state index contributed by atoms with van der Waals surface area (Å²) in [5.41, 5.74) is 0.596. The third kappa shape index (κ3) is 6.08. The van der Waals surface area contributed by atoms with Crippen LogP contribution in [-0.2, 0) is 4.79 Å². The lowest BCUT2D eigenvalue weighted by Crippen LogP contribution is -2.21. The van der Waals surface area contributed by atoms with E-state index in [1.165, 1.54) is 0 Å². The van der Waals surface area contributed by atoms with Gasteiger partial charge >= 0.3 is 0 Å². The van der Waals surface area contributed by atoms with Crippen LogP contribution in [0, 0.1) is 0 Å². The lowest BCUT2D eigenvalue weighted by molar-refractivity contribution is -0.118. The molecule has 3 rings (SSSR count). The van der Waals surface area contributed by atoms with E-state index in [4.69, 9.17) is 14.2 Å². The zero-order chi connectivity index (χ0) is 18.7. The van der Waals surface area contributed by atoms with Gasteiger partial charge in [0.15, 0.2) is 6.61 Å². The van der Waals surface area contributed by atoms with Crippen molar-refractivity contribution in [1.29, 1.82) is 0 Å². The van der Waals surface area contributed by atoms with Crippen molar-refractivity contribution in [3.8, 4) is 17.2 Å². The standard InChI is InChI=1S/C22H21NO4/c24-22(17-27-19-11-5-2-6-12-19)23-20-13-7-8-14-21(20)26-16-15-25-18-9-3-1-4-10-18/h1-14H,15-17H2,(H,23,24). The average molecular weight is 363 g/mol. The van der Waals surface area contributed by atoms with Gasteiger partial charge in [0.25, 0.3) is 5.91 Å². The van der Waals surface area contributed by atoms with Crippen molar-refractivity contribution in [2.45, 2.75) is 0 Å². The molecule has 0 aliphatic rings. The van der Waals surface area contributed by atoms with E-state index < -0.39 is 0 Å². The summed E-state index contributed by atoms with van der Waals surface area (Å²) < 4.78 is 16.8. The maximum absolute atomic E-state index is 12.1. The fourth-order valence-corrected chi connectivity index (χ4v) is 2.38. The summed E-state index contributed by atoms with van der Waals surface area (Å²) in [6, 6.07) is 26.0. The number of hydrogen-bond acceptors (Lipinski definition) is 4. The van der Waals surface area contributed by atoms with Gasteiger partial charge in [-0.15, -0.1) is 0 Å². The van der Waals surface area contributed by atoms with E-state index >= 15 is 0 Å². The number of benzene rings is 3. The number of ether oxygens (including phenoxy) is 3. The van der Waals surface area contributed by atoms with Gasteiger partial charge in [-0.2, -0.15) is 0 Å². The van der Waals surface area contributed by atoms with Gasteiger partial charge in [0.2, 0.25) is 0 Å². The van der Waals surface area contributed by atoms with Crippen LogP contribution in [0.3, 0.4) is 0 Å². The molecule has 3 aromatic carbocycles. The van der Waals surface area contributed by atoms with Crippen molar-refractivity contribution in [1.82, 2.24) is 0 Å². The Morgan fingerprint density at radius 3 is 1.93 bits per heavy atom. The summed E-state index contributed by atoms with van der Waals surface area (Å²) in [4.78, 5) is 12.1. The van der Waals surface area contributed by atoms with E-state index in [2.05, 4.69) is 5.32 Å². The Kier molecular flexibility index (Phi) is 6.70. The van der Waals surface area contributed by atoms with E-state index in [1.807, 2.05) is 60.7 Å². The largest absolute Gasteiger partial charge is 0.490 e. The molecule has 0 radical (unpaired) electrons. The fourth-order valence-electron chi connectivity index (χ4n) is 2.38. The molecule has 0 bridgehead atoms. The molecule has 0 aromatic heterocycles. The first-order valence-corrected chi connectivity index (χ1v) is 8.68. The molecule has 3 aromatic rings. The fraction of sp³-hybridized carbons (Fsp3) is 0.136. The van der Waals surface area contributed by atoms with Crippen LogP contribution in [0.4, 0.5) is 5.69 Å². The van der Waals surface area contributed by atoms with E-state index in [1.54, 1.807) is 24.3 Å². The first-order valence-electron chi connectivity index (χ1n) is 8.68. The van der Waals surface area contributed by atoms with E-state index in [9.17, 15) is 4.79 Å². The summed E-state index contributed by atoms with van der Waals surface area (Å²) in [7, 11) is 0. The van der Waals surface area contributed by atoms with Gasteiger partial charge in [-0.25, -0.2) is 0 Å². The van der Waals surface area contributed by atoms with Crippen LogP contribution >= 0.6 is 0 Å². The second-order valence-electron chi connectivity index (χ2n) is 5.66. The summed E-state index contributed by atoms with van der Waals surface area (Å²) >= 11 is 0. The Morgan fingerprint density at radius 2 is 1.22 bits per heavy atom. The predicted molar refractivity (Wildman–Crippen MR) is 104 cm³/mol. The van der Waals surface area contributed by atoms with Gasteiger partial charge in [-0.05, 0) is 36.4 Å². The molecule has 0 aliphatic heterocycles. The van der Waals surface area contributed by atoms with Gasteiger partial charge in [0.1, 0.15) is 30.5 Å². The minimum Gasteiger partial charge on any atom is -0.490 e. The van der Waals surface area contributed by atoms with Crippen LogP contribution in [0.5, 0.6) is 17.2 Å². The first-order chi connectivity index (χ1) is 13.3. The van der Waals surface area contributed by atoms with E-state index in [0.717, 1.165) is 5.75 Å². The van der Waals surface area contributed by atoms with Crippen molar-refractivity contribution in [3.63, 3.8) is 0 Å². The molecule has 1 amide bonds. The highest BCUT2D eigenvalue weighted by Crippen LogP contribution is 2.23. The highest BCUT2D eigenvalue weighted by atomic mass is 16.5. The zero-order valence-electron chi connectivity index (χ0n) is 14.8. The maximum atomic E-state index is 12.1. The molecule has 5 heteroatoms. The lowest BCUT2D eigenvalue weighted by atomic mass is 10.3. The summed E-state index contributed by atoms with van der Waals surface area (Å²) in [5, 5.41) is 2.81. The molecule has 0 unspecified atom stereocenters. The molecule has 0 heterocycles. The summed E-state index contributed by atoms with van der Waals surface area (Å²) in [6.07, 6.45) is 0. The van der Waals surface area contributed by atoms with Gasteiger partial charge in [0.05, 0.1) is 5.69 Å². The molecular formula is C22H21NO4. The average Bonchev–Trinajstić information content (AvgIpc) is 2.72. The number of hydrogen-bond donors (Lipinski definition) is 1. The normalized spacial score (nSPS) is 10.1. The highest BCUT2D eigenvalue weighted by molar-refractivity contribution is 5.93. The Morgan fingerprint density at radius 1 is 0.667 bits per heavy atom. The molecular weight excluding hydrogens is 342 g/mol. The quantitative estimate of drug-likeness (QED) is 0.580. The summed E-state index contributed by atoms with van der Waals surface area (Å²) in [5.74, 6) is 1.77. The number of amides is 1. The lowest BCUT2D eigenvalue weighted by Gasteiger charge is -2.13. The van der Waals surface area contributed by atoms with Gasteiger partial charge in [-0.1, -0.05) is 48.5 Å². The number of para-hydroxylation sites is 4. The minimum atomic E-state index is -0.254. The van der Waals surface area contributed by atoms with Crippen LogP contribution in [-0.4, -0.2) is 25.7 Å². The third-order valence-corrected chi connectivity index (χ3v) is 3.63. The van der Waals surface area contributed by atoms with Crippen molar-refractivity contribution >= 4 is 11.6 Å². The SMILES string of the molecule is O=C(COc1ccccc1)Nc1ccccc1OCCOc1ccccc1. The van der Waals surface area contributed by atoms with Crippen LogP contribution in [0.25, 0.3) is 0 Å². The molecule has 138 valence electrons. The molecule has 0 saturated carbocycles. The second-order valence-corrected chi connectivity index (χ2v) is 5.66. The first kappa shape index (κ1) is 18.3. The van der Waals surface area contributed by atoms with Crippen LogP contribution in [0.15, 0.2) is 84.9 Å². The monoisotopic (exact) mass is 363 g/mol. The molecule has 0 saturated heterocycles. The van der Waals surface area contributed by atoms with Gasteiger partial charge < -0.3 is 19.5 Å². The van der Waals surface area contributed by atoms with Crippen LogP contribution in [0.1, 0.15) is 0 Å². The van der Waals surface area contributed by atoms with Gasteiger partial charge in [-0.3, -0.25) is 4.79 Å². The number of carbonyl (C=O) groups excluding carboxylic acids is 1.